The zero-order valence-electron chi connectivity index (χ0n) is 12.7. The molecule has 6 nitrogen and oxygen atoms in total. The summed E-state index contributed by atoms with van der Waals surface area (Å²) < 4.78 is 1.78. The van der Waals surface area contributed by atoms with Crippen LogP contribution in [-0.2, 0) is 13.0 Å². The first-order valence-corrected chi connectivity index (χ1v) is 7.31. The number of nitrogens with zero attached hydrogens (tertiary/aromatic N) is 4. The van der Waals surface area contributed by atoms with Gasteiger partial charge in [0.05, 0.1) is 18.0 Å². The molecule has 0 fully saturated rings. The molecule has 0 bridgehead atoms. The highest BCUT2D eigenvalue weighted by atomic mass is 16.1. The summed E-state index contributed by atoms with van der Waals surface area (Å²) >= 11 is 0. The van der Waals surface area contributed by atoms with E-state index in [-0.39, 0.29) is 5.91 Å². The first-order chi connectivity index (χ1) is 11.2. The van der Waals surface area contributed by atoms with Gasteiger partial charge >= 0.3 is 0 Å². The number of rotatable bonds is 4. The van der Waals surface area contributed by atoms with Gasteiger partial charge in [0.1, 0.15) is 5.52 Å². The van der Waals surface area contributed by atoms with Gasteiger partial charge in [-0.05, 0) is 42.8 Å². The first kappa shape index (κ1) is 14.7. The third-order valence-electron chi connectivity index (χ3n) is 3.57. The van der Waals surface area contributed by atoms with E-state index < -0.39 is 0 Å². The Morgan fingerprint density at radius 1 is 1.26 bits per heavy atom. The highest BCUT2D eigenvalue weighted by Crippen LogP contribution is 2.16. The number of aryl methyl sites for hydroxylation is 1. The maximum Gasteiger partial charge on any atom is 0.255 e. The molecule has 0 atom stereocenters. The average Bonchev–Trinajstić information content (AvgIpc) is 2.99. The van der Waals surface area contributed by atoms with Crippen LogP contribution < -0.4 is 5.32 Å². The number of benzene rings is 2. The van der Waals surface area contributed by atoms with E-state index in [0.717, 1.165) is 17.6 Å². The van der Waals surface area contributed by atoms with Crippen molar-refractivity contribution < 1.29 is 4.79 Å². The number of aromatic nitrogens is 3. The lowest BCUT2D eigenvalue weighted by atomic mass is 10.1. The molecule has 3 aromatic rings. The SMILES string of the molecule is CCn1nnc2cc(C(=O)Nc3ccc(CC#N)cc3)ccc21. The molecule has 23 heavy (non-hydrogen) atoms. The highest BCUT2D eigenvalue weighted by molar-refractivity contribution is 6.05. The number of hydrogen-bond acceptors (Lipinski definition) is 4. The number of hydrogen-bond donors (Lipinski definition) is 1. The van der Waals surface area contributed by atoms with Gasteiger partial charge in [-0.15, -0.1) is 5.10 Å². The smallest absolute Gasteiger partial charge is 0.255 e. The molecular formula is C17H15N5O. The number of anilines is 1. The van der Waals surface area contributed by atoms with Crippen molar-refractivity contribution in [3.8, 4) is 6.07 Å². The van der Waals surface area contributed by atoms with Crippen molar-refractivity contribution in [2.75, 3.05) is 5.32 Å². The van der Waals surface area contributed by atoms with Crippen molar-refractivity contribution in [1.29, 1.82) is 5.26 Å². The summed E-state index contributed by atoms with van der Waals surface area (Å²) in [5, 5.41) is 19.6. The maximum absolute atomic E-state index is 12.3. The molecule has 2 aromatic carbocycles. The molecule has 114 valence electrons. The van der Waals surface area contributed by atoms with Gasteiger partial charge in [-0.2, -0.15) is 5.26 Å². The molecular weight excluding hydrogens is 290 g/mol. The van der Waals surface area contributed by atoms with Crippen molar-refractivity contribution in [3.05, 3.63) is 53.6 Å². The van der Waals surface area contributed by atoms with Crippen LogP contribution in [0.25, 0.3) is 11.0 Å². The number of fused-ring (bicyclic) bond motifs is 1. The highest BCUT2D eigenvalue weighted by Gasteiger charge is 2.10. The lowest BCUT2D eigenvalue weighted by molar-refractivity contribution is 0.102. The lowest BCUT2D eigenvalue weighted by Gasteiger charge is -2.06. The number of carbonyl (C=O) groups is 1. The van der Waals surface area contributed by atoms with Crippen molar-refractivity contribution in [1.82, 2.24) is 15.0 Å². The van der Waals surface area contributed by atoms with Crippen molar-refractivity contribution >= 4 is 22.6 Å². The minimum absolute atomic E-state index is 0.203. The Morgan fingerprint density at radius 3 is 2.74 bits per heavy atom. The van der Waals surface area contributed by atoms with Crippen LogP contribution in [0.3, 0.4) is 0 Å². The third-order valence-corrected chi connectivity index (χ3v) is 3.57. The second kappa shape index (κ2) is 6.28. The number of nitriles is 1. The van der Waals surface area contributed by atoms with Gasteiger partial charge in [-0.25, -0.2) is 4.68 Å². The molecule has 1 amide bonds. The first-order valence-electron chi connectivity index (χ1n) is 7.31. The zero-order valence-corrected chi connectivity index (χ0v) is 12.7. The predicted octanol–water partition coefficient (Wildman–Crippen LogP) is 2.77. The van der Waals surface area contributed by atoms with E-state index in [1.165, 1.54) is 0 Å². The molecule has 0 saturated heterocycles. The van der Waals surface area contributed by atoms with E-state index in [0.29, 0.717) is 23.2 Å². The molecule has 0 spiro atoms. The summed E-state index contributed by atoms with van der Waals surface area (Å²) in [4.78, 5) is 12.3. The van der Waals surface area contributed by atoms with Crippen molar-refractivity contribution in [2.45, 2.75) is 19.9 Å². The van der Waals surface area contributed by atoms with Crippen LogP contribution >= 0.6 is 0 Å². The molecule has 0 aliphatic rings. The van der Waals surface area contributed by atoms with Gasteiger partial charge in [0, 0.05) is 17.8 Å². The Morgan fingerprint density at radius 2 is 2.04 bits per heavy atom. The second-order valence-electron chi connectivity index (χ2n) is 5.09. The third kappa shape index (κ3) is 3.04. The summed E-state index contributed by atoms with van der Waals surface area (Å²) in [6, 6.07) is 14.7. The molecule has 0 radical (unpaired) electrons. The molecule has 1 aromatic heterocycles. The number of carbonyl (C=O) groups excluding carboxylic acids is 1. The Balaban J connectivity index is 1.79. The lowest BCUT2D eigenvalue weighted by Crippen LogP contribution is -2.11. The largest absolute Gasteiger partial charge is 0.322 e. The van der Waals surface area contributed by atoms with E-state index in [1.54, 1.807) is 28.9 Å². The Labute approximate surface area is 133 Å². The van der Waals surface area contributed by atoms with Crippen LogP contribution in [0.4, 0.5) is 5.69 Å². The minimum Gasteiger partial charge on any atom is -0.322 e. The van der Waals surface area contributed by atoms with Crippen LogP contribution in [0.15, 0.2) is 42.5 Å². The summed E-state index contributed by atoms with van der Waals surface area (Å²) in [5.74, 6) is -0.203. The topological polar surface area (TPSA) is 83.6 Å². The van der Waals surface area contributed by atoms with E-state index in [2.05, 4.69) is 21.7 Å². The summed E-state index contributed by atoms with van der Waals surface area (Å²) in [6.07, 6.45) is 0.359. The minimum atomic E-state index is -0.203. The van der Waals surface area contributed by atoms with E-state index in [9.17, 15) is 4.79 Å². The van der Waals surface area contributed by atoms with Crippen LogP contribution in [-0.4, -0.2) is 20.9 Å². The van der Waals surface area contributed by atoms with E-state index in [1.807, 2.05) is 25.1 Å². The normalized spacial score (nSPS) is 10.4. The van der Waals surface area contributed by atoms with Crippen LogP contribution in [0.2, 0.25) is 0 Å². The second-order valence-corrected chi connectivity index (χ2v) is 5.09. The summed E-state index contributed by atoms with van der Waals surface area (Å²) in [7, 11) is 0. The molecule has 1 N–H and O–H groups in total. The molecule has 0 unspecified atom stereocenters. The average molecular weight is 305 g/mol. The van der Waals surface area contributed by atoms with Gasteiger partial charge in [0.15, 0.2) is 0 Å². The van der Waals surface area contributed by atoms with Gasteiger partial charge in [-0.3, -0.25) is 4.79 Å². The van der Waals surface area contributed by atoms with Gasteiger partial charge in [-0.1, -0.05) is 17.3 Å². The Kier molecular flexibility index (Phi) is 4.02. The van der Waals surface area contributed by atoms with Crippen molar-refractivity contribution in [2.24, 2.45) is 0 Å². The molecule has 0 aliphatic heterocycles. The van der Waals surface area contributed by atoms with Crippen LogP contribution in [0.1, 0.15) is 22.8 Å². The Bertz CT molecular complexity index is 889. The summed E-state index contributed by atoms with van der Waals surface area (Å²) in [6.45, 7) is 2.72. The number of nitrogens with one attached hydrogen (secondary N) is 1. The number of amides is 1. The van der Waals surface area contributed by atoms with Crippen LogP contribution in [0.5, 0.6) is 0 Å². The van der Waals surface area contributed by atoms with Crippen molar-refractivity contribution in [3.63, 3.8) is 0 Å². The molecule has 0 saturated carbocycles. The monoisotopic (exact) mass is 305 g/mol. The van der Waals surface area contributed by atoms with Gasteiger partial charge in [0.2, 0.25) is 0 Å². The standard InChI is InChI=1S/C17H15N5O/c1-2-22-16-8-5-13(11-15(16)20-21-22)17(23)19-14-6-3-12(4-7-14)9-10-18/h3-8,11H,2,9H2,1H3,(H,19,23). The van der Waals surface area contributed by atoms with Gasteiger partial charge in [0.25, 0.3) is 5.91 Å². The zero-order chi connectivity index (χ0) is 16.2. The predicted molar refractivity (Wildman–Crippen MR) is 86.9 cm³/mol. The van der Waals surface area contributed by atoms with E-state index in [4.69, 9.17) is 5.26 Å². The summed E-state index contributed by atoms with van der Waals surface area (Å²) in [5.41, 5.74) is 3.74. The van der Waals surface area contributed by atoms with Gasteiger partial charge < -0.3 is 5.32 Å². The van der Waals surface area contributed by atoms with Crippen LogP contribution in [0, 0.1) is 11.3 Å². The molecule has 0 aliphatic carbocycles. The maximum atomic E-state index is 12.3. The molecule has 3 rings (SSSR count). The molecule has 6 heteroatoms. The fourth-order valence-corrected chi connectivity index (χ4v) is 2.35. The quantitative estimate of drug-likeness (QED) is 0.803. The fraction of sp³-hybridized carbons (Fsp3) is 0.176. The van der Waals surface area contributed by atoms with E-state index >= 15 is 0 Å². The Hall–Kier alpha value is -3.20. The fourth-order valence-electron chi connectivity index (χ4n) is 2.35. The molecule has 1 heterocycles.